The molecular formula is C17H17N5. The zero-order valence-corrected chi connectivity index (χ0v) is 12.3. The van der Waals surface area contributed by atoms with Gasteiger partial charge in [0.2, 0.25) is 0 Å². The van der Waals surface area contributed by atoms with Crippen molar-refractivity contribution in [3.63, 3.8) is 0 Å². The van der Waals surface area contributed by atoms with Gasteiger partial charge in [-0.15, -0.1) is 0 Å². The van der Waals surface area contributed by atoms with Gasteiger partial charge in [-0.2, -0.15) is 5.26 Å². The van der Waals surface area contributed by atoms with Crippen LogP contribution in [0.25, 0.3) is 0 Å². The number of anilines is 2. The van der Waals surface area contributed by atoms with E-state index in [4.69, 9.17) is 5.26 Å². The van der Waals surface area contributed by atoms with Crippen molar-refractivity contribution in [3.8, 4) is 6.07 Å². The molecule has 0 aliphatic carbocycles. The maximum atomic E-state index is 9.01. The van der Waals surface area contributed by atoms with Gasteiger partial charge in [-0.1, -0.05) is 18.2 Å². The molecule has 0 amide bonds. The van der Waals surface area contributed by atoms with Crippen LogP contribution in [0.3, 0.4) is 0 Å². The molecule has 2 aromatic rings. The molecule has 4 rings (SSSR count). The van der Waals surface area contributed by atoms with Gasteiger partial charge >= 0.3 is 0 Å². The molecule has 22 heavy (non-hydrogen) atoms. The average molecular weight is 291 g/mol. The summed E-state index contributed by atoms with van der Waals surface area (Å²) in [5.41, 5.74) is 3.20. The molecule has 110 valence electrons. The first-order chi connectivity index (χ1) is 10.8. The van der Waals surface area contributed by atoms with Crippen LogP contribution in [0, 0.1) is 11.3 Å². The van der Waals surface area contributed by atoms with Gasteiger partial charge in [0.15, 0.2) is 5.69 Å². The Bertz CT molecular complexity index is 736. The lowest BCUT2D eigenvalue weighted by atomic mass is 10.1. The van der Waals surface area contributed by atoms with Crippen molar-refractivity contribution in [1.29, 1.82) is 5.26 Å². The highest BCUT2D eigenvalue weighted by molar-refractivity contribution is 5.60. The maximum Gasteiger partial charge on any atom is 0.161 e. The van der Waals surface area contributed by atoms with Crippen molar-refractivity contribution >= 4 is 11.5 Å². The summed E-state index contributed by atoms with van der Waals surface area (Å²) in [6, 6.07) is 11.2. The summed E-state index contributed by atoms with van der Waals surface area (Å²) in [4.78, 5) is 13.3. The molecule has 2 aliphatic heterocycles. The monoisotopic (exact) mass is 291 g/mol. The van der Waals surface area contributed by atoms with E-state index >= 15 is 0 Å². The number of aromatic nitrogens is 2. The lowest BCUT2D eigenvalue weighted by Gasteiger charge is -2.27. The molecule has 2 aliphatic rings. The van der Waals surface area contributed by atoms with E-state index in [2.05, 4.69) is 50.1 Å². The second-order valence-corrected chi connectivity index (χ2v) is 5.85. The normalized spacial score (nSPS) is 20.0. The fraction of sp³-hybridized carbons (Fsp3) is 0.353. The standard InChI is InChI=1S/C17H17N5/c18-9-14-10-19-11-17(20-14)21-6-3-7-22-15(12-21)8-13-4-1-2-5-16(13)22/h1-2,4-5,10-11,15H,3,6-8,12H2/t15-/m0/s1. The summed E-state index contributed by atoms with van der Waals surface area (Å²) in [7, 11) is 0. The minimum atomic E-state index is 0.383. The molecule has 5 nitrogen and oxygen atoms in total. The Balaban J connectivity index is 1.61. The molecule has 1 saturated heterocycles. The fourth-order valence-electron chi connectivity index (χ4n) is 3.54. The lowest BCUT2D eigenvalue weighted by Crippen LogP contribution is -2.39. The van der Waals surface area contributed by atoms with Crippen LogP contribution in [0.15, 0.2) is 36.7 Å². The highest BCUT2D eigenvalue weighted by Gasteiger charge is 2.32. The van der Waals surface area contributed by atoms with Gasteiger partial charge in [0.05, 0.1) is 18.4 Å². The van der Waals surface area contributed by atoms with E-state index in [1.54, 1.807) is 6.20 Å². The molecule has 0 N–H and O–H groups in total. The number of nitrogens with zero attached hydrogens (tertiary/aromatic N) is 5. The molecule has 0 spiro atoms. The first-order valence-electron chi connectivity index (χ1n) is 7.67. The largest absolute Gasteiger partial charge is 0.366 e. The number of hydrogen-bond acceptors (Lipinski definition) is 5. The van der Waals surface area contributed by atoms with Crippen molar-refractivity contribution in [2.24, 2.45) is 0 Å². The Labute approximate surface area is 129 Å². The van der Waals surface area contributed by atoms with Crippen LogP contribution in [0.4, 0.5) is 11.5 Å². The van der Waals surface area contributed by atoms with Crippen molar-refractivity contribution in [2.45, 2.75) is 18.9 Å². The van der Waals surface area contributed by atoms with Crippen molar-refractivity contribution in [3.05, 3.63) is 47.9 Å². The molecule has 3 heterocycles. The number of rotatable bonds is 1. The summed E-state index contributed by atoms with van der Waals surface area (Å²) in [5.74, 6) is 0.817. The van der Waals surface area contributed by atoms with Crippen LogP contribution in [-0.2, 0) is 6.42 Å². The van der Waals surface area contributed by atoms with Crippen LogP contribution in [0.2, 0.25) is 0 Å². The van der Waals surface area contributed by atoms with E-state index in [0.717, 1.165) is 38.3 Å². The van der Waals surface area contributed by atoms with Crippen molar-refractivity contribution in [1.82, 2.24) is 9.97 Å². The second-order valence-electron chi connectivity index (χ2n) is 5.85. The molecule has 0 bridgehead atoms. The lowest BCUT2D eigenvalue weighted by molar-refractivity contribution is 0.646. The van der Waals surface area contributed by atoms with Gasteiger partial charge in [0, 0.05) is 25.3 Å². The molecule has 0 unspecified atom stereocenters. The van der Waals surface area contributed by atoms with Gasteiger partial charge in [-0.25, -0.2) is 4.98 Å². The molecule has 1 aromatic carbocycles. The van der Waals surface area contributed by atoms with Crippen molar-refractivity contribution < 1.29 is 0 Å². The van der Waals surface area contributed by atoms with E-state index in [1.807, 2.05) is 0 Å². The minimum Gasteiger partial charge on any atom is -0.366 e. The van der Waals surface area contributed by atoms with E-state index in [0.29, 0.717) is 11.7 Å². The first kappa shape index (κ1) is 13.1. The summed E-state index contributed by atoms with van der Waals surface area (Å²) in [5, 5.41) is 9.01. The predicted octanol–water partition coefficient (Wildman–Crippen LogP) is 1.99. The smallest absolute Gasteiger partial charge is 0.161 e. The van der Waals surface area contributed by atoms with Gasteiger partial charge < -0.3 is 9.80 Å². The molecule has 0 radical (unpaired) electrons. The number of benzene rings is 1. The summed E-state index contributed by atoms with van der Waals surface area (Å²) in [6.45, 7) is 2.96. The topological polar surface area (TPSA) is 56.1 Å². The Morgan fingerprint density at radius 3 is 3.00 bits per heavy atom. The molecule has 1 aromatic heterocycles. The quantitative estimate of drug-likeness (QED) is 0.804. The van der Waals surface area contributed by atoms with Crippen LogP contribution in [0.1, 0.15) is 17.7 Å². The third-order valence-electron chi connectivity index (χ3n) is 4.52. The molecule has 1 fully saturated rings. The van der Waals surface area contributed by atoms with Gasteiger partial charge in [-0.05, 0) is 24.5 Å². The van der Waals surface area contributed by atoms with Gasteiger partial charge in [-0.3, -0.25) is 4.98 Å². The van der Waals surface area contributed by atoms with Crippen LogP contribution >= 0.6 is 0 Å². The van der Waals surface area contributed by atoms with Crippen molar-refractivity contribution in [2.75, 3.05) is 29.4 Å². The number of fused-ring (bicyclic) bond motifs is 3. The highest BCUT2D eigenvalue weighted by atomic mass is 15.3. The van der Waals surface area contributed by atoms with Gasteiger partial charge in [0.25, 0.3) is 0 Å². The second kappa shape index (κ2) is 5.30. The number of para-hydroxylation sites is 1. The highest BCUT2D eigenvalue weighted by Crippen LogP contribution is 2.34. The van der Waals surface area contributed by atoms with E-state index < -0.39 is 0 Å². The van der Waals surface area contributed by atoms with Crippen LogP contribution in [-0.4, -0.2) is 35.6 Å². The Morgan fingerprint density at radius 1 is 1.18 bits per heavy atom. The number of hydrogen-bond donors (Lipinski definition) is 0. The molecule has 0 saturated carbocycles. The third kappa shape index (κ3) is 2.17. The van der Waals surface area contributed by atoms with E-state index in [9.17, 15) is 0 Å². The Morgan fingerprint density at radius 2 is 2.09 bits per heavy atom. The fourth-order valence-corrected chi connectivity index (χ4v) is 3.54. The predicted molar refractivity (Wildman–Crippen MR) is 84.9 cm³/mol. The first-order valence-corrected chi connectivity index (χ1v) is 7.67. The van der Waals surface area contributed by atoms with Crippen LogP contribution < -0.4 is 9.80 Å². The zero-order chi connectivity index (χ0) is 14.9. The summed E-state index contributed by atoms with van der Waals surface area (Å²) >= 11 is 0. The third-order valence-corrected chi connectivity index (χ3v) is 4.52. The minimum absolute atomic E-state index is 0.383. The molecular weight excluding hydrogens is 274 g/mol. The SMILES string of the molecule is N#Cc1cncc(N2CCCN3c4ccccc4C[C@H]3C2)n1. The zero-order valence-electron chi connectivity index (χ0n) is 12.3. The average Bonchev–Trinajstić information content (AvgIpc) is 2.78. The number of nitriles is 1. The van der Waals surface area contributed by atoms with E-state index in [1.165, 1.54) is 17.4 Å². The van der Waals surface area contributed by atoms with Gasteiger partial charge in [0.1, 0.15) is 11.9 Å². The summed E-state index contributed by atoms with van der Waals surface area (Å²) in [6.07, 6.45) is 5.44. The van der Waals surface area contributed by atoms with E-state index in [-0.39, 0.29) is 0 Å². The molecule has 1 atom stereocenters. The maximum absolute atomic E-state index is 9.01. The Kier molecular flexibility index (Phi) is 3.15. The van der Waals surface area contributed by atoms with Crippen LogP contribution in [0.5, 0.6) is 0 Å². The summed E-state index contributed by atoms with van der Waals surface area (Å²) < 4.78 is 0. The molecule has 5 heteroatoms. The Hall–Kier alpha value is -2.61.